The van der Waals surface area contributed by atoms with E-state index in [4.69, 9.17) is 5.26 Å². The van der Waals surface area contributed by atoms with Crippen molar-refractivity contribution >= 4 is 0 Å². The summed E-state index contributed by atoms with van der Waals surface area (Å²) in [5.74, 6) is 0. The molecule has 1 aromatic rings. The standard InChI is InChI=1S/C13H20N4/c1-4-12(7-14)17-10(3)13(9(2)16-17)8-15-11-5-6-11/h11-12,15H,4-6,8H2,1-3H3. The van der Waals surface area contributed by atoms with Crippen LogP contribution in [0.5, 0.6) is 0 Å². The van der Waals surface area contributed by atoms with Crippen LogP contribution in [0.1, 0.15) is 49.2 Å². The van der Waals surface area contributed by atoms with E-state index in [-0.39, 0.29) is 6.04 Å². The van der Waals surface area contributed by atoms with Crippen molar-refractivity contribution < 1.29 is 0 Å². The summed E-state index contributed by atoms with van der Waals surface area (Å²) in [5, 5.41) is 17.1. The molecule has 1 heterocycles. The predicted molar refractivity (Wildman–Crippen MR) is 66.5 cm³/mol. The summed E-state index contributed by atoms with van der Waals surface area (Å²) in [5.41, 5.74) is 3.43. The van der Waals surface area contributed by atoms with Crippen LogP contribution in [0.3, 0.4) is 0 Å². The molecule has 0 aliphatic heterocycles. The Hall–Kier alpha value is -1.34. The molecule has 1 unspecified atom stereocenters. The Balaban J connectivity index is 2.18. The van der Waals surface area contributed by atoms with E-state index >= 15 is 0 Å². The van der Waals surface area contributed by atoms with Crippen LogP contribution in [0.15, 0.2) is 0 Å². The molecule has 4 heteroatoms. The number of hydrogen-bond acceptors (Lipinski definition) is 3. The van der Waals surface area contributed by atoms with Gasteiger partial charge in [-0.2, -0.15) is 10.4 Å². The van der Waals surface area contributed by atoms with Crippen LogP contribution in [0.25, 0.3) is 0 Å². The molecule has 1 saturated carbocycles. The van der Waals surface area contributed by atoms with Gasteiger partial charge in [0.15, 0.2) is 0 Å². The van der Waals surface area contributed by atoms with E-state index < -0.39 is 0 Å². The van der Waals surface area contributed by atoms with E-state index in [0.29, 0.717) is 6.04 Å². The Labute approximate surface area is 103 Å². The van der Waals surface area contributed by atoms with Crippen LogP contribution < -0.4 is 5.32 Å². The number of aryl methyl sites for hydroxylation is 1. The van der Waals surface area contributed by atoms with E-state index in [1.165, 1.54) is 18.4 Å². The lowest BCUT2D eigenvalue weighted by Crippen LogP contribution is -2.16. The Morgan fingerprint density at radius 3 is 2.76 bits per heavy atom. The molecule has 0 radical (unpaired) electrons. The van der Waals surface area contributed by atoms with Crippen molar-refractivity contribution in [2.45, 2.75) is 58.7 Å². The van der Waals surface area contributed by atoms with Gasteiger partial charge in [-0.1, -0.05) is 6.92 Å². The van der Waals surface area contributed by atoms with Crippen molar-refractivity contribution in [1.29, 1.82) is 5.26 Å². The largest absolute Gasteiger partial charge is 0.310 e. The third-order valence-corrected chi connectivity index (χ3v) is 3.45. The lowest BCUT2D eigenvalue weighted by molar-refractivity contribution is 0.518. The summed E-state index contributed by atoms with van der Waals surface area (Å²) >= 11 is 0. The zero-order chi connectivity index (χ0) is 12.4. The van der Waals surface area contributed by atoms with Crippen molar-refractivity contribution in [2.24, 2.45) is 0 Å². The molecule has 1 N–H and O–H groups in total. The highest BCUT2D eigenvalue weighted by molar-refractivity contribution is 5.25. The van der Waals surface area contributed by atoms with Gasteiger partial charge in [0.05, 0.1) is 11.8 Å². The van der Waals surface area contributed by atoms with E-state index in [1.807, 2.05) is 18.5 Å². The maximum absolute atomic E-state index is 9.11. The van der Waals surface area contributed by atoms with Gasteiger partial charge in [-0.15, -0.1) is 0 Å². The first-order chi connectivity index (χ1) is 8.17. The van der Waals surface area contributed by atoms with Crippen LogP contribution in [0.4, 0.5) is 0 Å². The van der Waals surface area contributed by atoms with Gasteiger partial charge < -0.3 is 5.32 Å². The summed E-state index contributed by atoms with van der Waals surface area (Å²) in [6.07, 6.45) is 3.39. The van der Waals surface area contributed by atoms with Gasteiger partial charge in [0, 0.05) is 23.8 Å². The second kappa shape index (κ2) is 4.89. The molecule has 0 aromatic carbocycles. The van der Waals surface area contributed by atoms with Gasteiger partial charge in [0.1, 0.15) is 6.04 Å². The minimum Gasteiger partial charge on any atom is -0.310 e. The fraction of sp³-hybridized carbons (Fsp3) is 0.692. The molecule has 4 nitrogen and oxygen atoms in total. The van der Waals surface area contributed by atoms with Crippen molar-refractivity contribution in [2.75, 3.05) is 0 Å². The smallest absolute Gasteiger partial charge is 0.138 e. The molecule has 2 rings (SSSR count). The Morgan fingerprint density at radius 2 is 2.24 bits per heavy atom. The third kappa shape index (κ3) is 2.50. The summed E-state index contributed by atoms with van der Waals surface area (Å²) < 4.78 is 1.87. The number of nitrogens with one attached hydrogen (secondary N) is 1. The normalized spacial score (nSPS) is 16.8. The molecule has 0 amide bonds. The highest BCUT2D eigenvalue weighted by Crippen LogP contribution is 2.22. The van der Waals surface area contributed by atoms with Crippen molar-refractivity contribution in [1.82, 2.24) is 15.1 Å². The van der Waals surface area contributed by atoms with Crippen LogP contribution in [-0.2, 0) is 6.54 Å². The number of aromatic nitrogens is 2. The Kier molecular flexibility index (Phi) is 3.49. The number of nitriles is 1. The highest BCUT2D eigenvalue weighted by Gasteiger charge is 2.22. The monoisotopic (exact) mass is 232 g/mol. The first kappa shape index (κ1) is 12.1. The molecule has 1 aliphatic rings. The minimum atomic E-state index is -0.136. The van der Waals surface area contributed by atoms with Gasteiger partial charge in [0.2, 0.25) is 0 Å². The lowest BCUT2D eigenvalue weighted by atomic mass is 10.2. The van der Waals surface area contributed by atoms with Crippen LogP contribution in [-0.4, -0.2) is 15.8 Å². The second-order valence-corrected chi connectivity index (χ2v) is 4.80. The number of hydrogen-bond donors (Lipinski definition) is 1. The maximum atomic E-state index is 9.11. The van der Waals surface area contributed by atoms with E-state index in [9.17, 15) is 0 Å². The van der Waals surface area contributed by atoms with Gasteiger partial charge in [-0.25, -0.2) is 0 Å². The molecular weight excluding hydrogens is 212 g/mol. The van der Waals surface area contributed by atoms with Crippen LogP contribution >= 0.6 is 0 Å². The third-order valence-electron chi connectivity index (χ3n) is 3.45. The average Bonchev–Trinajstić information content (AvgIpc) is 3.09. The van der Waals surface area contributed by atoms with Gasteiger partial charge in [-0.3, -0.25) is 4.68 Å². The quantitative estimate of drug-likeness (QED) is 0.847. The summed E-state index contributed by atoms with van der Waals surface area (Å²) in [7, 11) is 0. The average molecular weight is 232 g/mol. The predicted octanol–water partition coefficient (Wildman–Crippen LogP) is 2.23. The number of rotatable bonds is 5. The summed E-state index contributed by atoms with van der Waals surface area (Å²) in [6.45, 7) is 6.98. The summed E-state index contributed by atoms with van der Waals surface area (Å²) in [4.78, 5) is 0. The zero-order valence-corrected chi connectivity index (χ0v) is 10.8. The fourth-order valence-corrected chi connectivity index (χ4v) is 2.11. The Morgan fingerprint density at radius 1 is 1.53 bits per heavy atom. The van der Waals surface area contributed by atoms with Gasteiger partial charge in [-0.05, 0) is 33.1 Å². The molecule has 1 atom stereocenters. The molecule has 1 aromatic heterocycles. The van der Waals surface area contributed by atoms with Crippen molar-refractivity contribution in [3.8, 4) is 6.07 Å². The Bertz CT molecular complexity index is 437. The van der Waals surface area contributed by atoms with Gasteiger partial charge in [0.25, 0.3) is 0 Å². The molecular formula is C13H20N4. The second-order valence-electron chi connectivity index (χ2n) is 4.80. The van der Waals surface area contributed by atoms with Gasteiger partial charge >= 0.3 is 0 Å². The van der Waals surface area contributed by atoms with E-state index in [2.05, 4.69) is 23.4 Å². The maximum Gasteiger partial charge on any atom is 0.138 e. The molecule has 0 saturated heterocycles. The SMILES string of the molecule is CCC(C#N)n1nc(C)c(CNC2CC2)c1C. The van der Waals surface area contributed by atoms with Crippen molar-refractivity contribution in [3.63, 3.8) is 0 Å². The zero-order valence-electron chi connectivity index (χ0n) is 10.8. The van der Waals surface area contributed by atoms with Crippen LogP contribution in [0.2, 0.25) is 0 Å². The summed E-state index contributed by atoms with van der Waals surface area (Å²) in [6, 6.07) is 2.87. The molecule has 0 spiro atoms. The molecule has 17 heavy (non-hydrogen) atoms. The highest BCUT2D eigenvalue weighted by atomic mass is 15.3. The van der Waals surface area contributed by atoms with Crippen LogP contribution in [0, 0.1) is 25.2 Å². The molecule has 1 aliphatic carbocycles. The van der Waals surface area contributed by atoms with E-state index in [0.717, 1.165) is 24.4 Å². The first-order valence-electron chi connectivity index (χ1n) is 6.35. The minimum absolute atomic E-state index is 0.136. The molecule has 0 bridgehead atoms. The topological polar surface area (TPSA) is 53.6 Å². The lowest BCUT2D eigenvalue weighted by Gasteiger charge is -2.09. The van der Waals surface area contributed by atoms with E-state index in [1.54, 1.807) is 0 Å². The number of nitrogens with zero attached hydrogens (tertiary/aromatic N) is 3. The first-order valence-corrected chi connectivity index (χ1v) is 6.35. The molecule has 1 fully saturated rings. The fourth-order valence-electron chi connectivity index (χ4n) is 2.11. The van der Waals surface area contributed by atoms with Crippen molar-refractivity contribution in [3.05, 3.63) is 17.0 Å². The molecule has 92 valence electrons.